The van der Waals surface area contributed by atoms with Crippen LogP contribution in [0.2, 0.25) is 0 Å². The predicted octanol–water partition coefficient (Wildman–Crippen LogP) is 1.17. The first-order valence-corrected chi connectivity index (χ1v) is 4.60. The summed E-state index contributed by atoms with van der Waals surface area (Å²) < 4.78 is 0. The molecule has 0 aliphatic heterocycles. The molecule has 2 N–H and O–H groups in total. The zero-order valence-corrected chi connectivity index (χ0v) is 7.00. The van der Waals surface area contributed by atoms with E-state index in [1.807, 2.05) is 0 Å². The van der Waals surface area contributed by atoms with E-state index in [1.54, 1.807) is 0 Å². The zero-order chi connectivity index (χ0) is 8.10. The van der Waals surface area contributed by atoms with Gasteiger partial charge in [-0.25, -0.2) is 0 Å². The molecule has 1 saturated carbocycles. The third-order valence-corrected chi connectivity index (χ3v) is 2.80. The van der Waals surface area contributed by atoms with E-state index in [0.717, 1.165) is 12.8 Å². The lowest BCUT2D eigenvalue weighted by Gasteiger charge is -2.29. The van der Waals surface area contributed by atoms with Gasteiger partial charge in [-0.3, -0.25) is 0 Å². The molecule has 0 bridgehead atoms. The van der Waals surface area contributed by atoms with Gasteiger partial charge in [-0.05, 0) is 24.7 Å². The van der Waals surface area contributed by atoms with Crippen LogP contribution in [0.3, 0.4) is 0 Å². The summed E-state index contributed by atoms with van der Waals surface area (Å²) in [6.07, 6.45) is 5.77. The van der Waals surface area contributed by atoms with Crippen LogP contribution in [-0.2, 0) is 0 Å². The van der Waals surface area contributed by atoms with Gasteiger partial charge in [-0.1, -0.05) is 19.3 Å². The molecule has 2 atom stereocenters. The Bertz CT molecular complexity index is 102. The van der Waals surface area contributed by atoms with Crippen molar-refractivity contribution in [2.45, 2.75) is 32.1 Å². The summed E-state index contributed by atoms with van der Waals surface area (Å²) in [6.45, 7) is 0.589. The molecular weight excluding hydrogens is 140 g/mol. The first kappa shape index (κ1) is 9.01. The molecule has 1 fully saturated rings. The van der Waals surface area contributed by atoms with Gasteiger partial charge in [0.05, 0.1) is 0 Å². The highest BCUT2D eigenvalue weighted by atomic mass is 16.3. The first-order chi connectivity index (χ1) is 5.38. The normalized spacial score (nSPS) is 32.2. The summed E-state index contributed by atoms with van der Waals surface area (Å²) in [5, 5.41) is 17.8. The third kappa shape index (κ3) is 2.46. The minimum atomic E-state index is 0.279. The summed E-state index contributed by atoms with van der Waals surface area (Å²) in [5.41, 5.74) is 0. The van der Waals surface area contributed by atoms with Gasteiger partial charge in [0.1, 0.15) is 0 Å². The Morgan fingerprint density at radius 2 is 1.64 bits per heavy atom. The SMILES string of the molecule is OCCC1CCCCC1CO. The average Bonchev–Trinajstić information content (AvgIpc) is 2.06. The van der Waals surface area contributed by atoms with Crippen LogP contribution in [0.15, 0.2) is 0 Å². The second kappa shape index (κ2) is 4.73. The molecule has 66 valence electrons. The summed E-state index contributed by atoms with van der Waals surface area (Å²) in [7, 11) is 0. The summed E-state index contributed by atoms with van der Waals surface area (Å²) in [4.78, 5) is 0. The highest BCUT2D eigenvalue weighted by Gasteiger charge is 2.23. The van der Waals surface area contributed by atoms with Crippen molar-refractivity contribution in [1.29, 1.82) is 0 Å². The molecule has 0 heterocycles. The molecule has 2 nitrogen and oxygen atoms in total. The second-order valence-electron chi connectivity index (χ2n) is 3.50. The number of aliphatic hydroxyl groups is 2. The van der Waals surface area contributed by atoms with Gasteiger partial charge >= 0.3 is 0 Å². The first-order valence-electron chi connectivity index (χ1n) is 4.60. The van der Waals surface area contributed by atoms with Crippen LogP contribution in [0, 0.1) is 11.8 Å². The quantitative estimate of drug-likeness (QED) is 0.647. The smallest absolute Gasteiger partial charge is 0.0461 e. The minimum absolute atomic E-state index is 0.279. The molecule has 1 rings (SSSR count). The van der Waals surface area contributed by atoms with E-state index in [9.17, 15) is 0 Å². The van der Waals surface area contributed by atoms with Crippen molar-refractivity contribution >= 4 is 0 Å². The average molecular weight is 158 g/mol. The molecule has 2 heteroatoms. The van der Waals surface area contributed by atoms with Gasteiger partial charge < -0.3 is 10.2 Å². The Labute approximate surface area is 68.2 Å². The highest BCUT2D eigenvalue weighted by molar-refractivity contribution is 4.74. The Balaban J connectivity index is 2.31. The Morgan fingerprint density at radius 1 is 1.00 bits per heavy atom. The third-order valence-electron chi connectivity index (χ3n) is 2.80. The standard InChI is InChI=1S/C9H18O2/c10-6-5-8-3-1-2-4-9(8)7-11/h8-11H,1-7H2. The zero-order valence-electron chi connectivity index (χ0n) is 7.00. The molecule has 0 aromatic carbocycles. The molecule has 0 amide bonds. The van der Waals surface area contributed by atoms with Crippen LogP contribution < -0.4 is 0 Å². The van der Waals surface area contributed by atoms with Crippen LogP contribution in [0.25, 0.3) is 0 Å². The second-order valence-corrected chi connectivity index (χ2v) is 3.50. The molecular formula is C9H18O2. The largest absolute Gasteiger partial charge is 0.396 e. The summed E-state index contributed by atoms with van der Waals surface area (Å²) in [5.74, 6) is 1.05. The van der Waals surface area contributed by atoms with Crippen LogP contribution in [0.5, 0.6) is 0 Å². The Hall–Kier alpha value is -0.0800. The summed E-state index contributed by atoms with van der Waals surface area (Å²) in [6, 6.07) is 0. The fraction of sp³-hybridized carbons (Fsp3) is 1.00. The number of rotatable bonds is 3. The molecule has 0 aromatic rings. The molecule has 1 aliphatic rings. The molecule has 2 unspecified atom stereocenters. The van der Waals surface area contributed by atoms with Crippen molar-refractivity contribution in [3.05, 3.63) is 0 Å². The van der Waals surface area contributed by atoms with Gasteiger partial charge in [0.2, 0.25) is 0 Å². The van der Waals surface area contributed by atoms with E-state index in [-0.39, 0.29) is 6.61 Å². The van der Waals surface area contributed by atoms with E-state index in [0.29, 0.717) is 18.4 Å². The summed E-state index contributed by atoms with van der Waals surface area (Å²) >= 11 is 0. The van der Waals surface area contributed by atoms with Crippen molar-refractivity contribution in [3.8, 4) is 0 Å². The molecule has 0 aromatic heterocycles. The number of hydrogen-bond acceptors (Lipinski definition) is 2. The minimum Gasteiger partial charge on any atom is -0.396 e. The van der Waals surface area contributed by atoms with Crippen molar-refractivity contribution in [1.82, 2.24) is 0 Å². The monoisotopic (exact) mass is 158 g/mol. The van der Waals surface area contributed by atoms with Gasteiger partial charge in [0.15, 0.2) is 0 Å². The predicted molar refractivity (Wildman–Crippen MR) is 44.2 cm³/mol. The Morgan fingerprint density at radius 3 is 2.18 bits per heavy atom. The van der Waals surface area contributed by atoms with Gasteiger partial charge in [-0.15, -0.1) is 0 Å². The van der Waals surface area contributed by atoms with Crippen LogP contribution >= 0.6 is 0 Å². The van der Waals surface area contributed by atoms with E-state index >= 15 is 0 Å². The van der Waals surface area contributed by atoms with E-state index in [2.05, 4.69) is 0 Å². The maximum atomic E-state index is 9.01. The molecule has 0 radical (unpaired) electrons. The van der Waals surface area contributed by atoms with Gasteiger partial charge in [-0.2, -0.15) is 0 Å². The topological polar surface area (TPSA) is 40.5 Å². The Kier molecular flexibility index (Phi) is 3.87. The van der Waals surface area contributed by atoms with E-state index in [4.69, 9.17) is 10.2 Å². The van der Waals surface area contributed by atoms with Gasteiger partial charge in [0, 0.05) is 13.2 Å². The van der Waals surface area contributed by atoms with Crippen molar-refractivity contribution in [3.63, 3.8) is 0 Å². The van der Waals surface area contributed by atoms with Crippen LogP contribution in [-0.4, -0.2) is 23.4 Å². The van der Waals surface area contributed by atoms with E-state index in [1.165, 1.54) is 19.3 Å². The lowest BCUT2D eigenvalue weighted by Crippen LogP contribution is -2.23. The molecule has 0 saturated heterocycles. The van der Waals surface area contributed by atoms with Crippen LogP contribution in [0.1, 0.15) is 32.1 Å². The molecule has 1 aliphatic carbocycles. The fourth-order valence-electron chi connectivity index (χ4n) is 2.07. The molecule has 0 spiro atoms. The number of aliphatic hydroxyl groups excluding tert-OH is 2. The molecule has 11 heavy (non-hydrogen) atoms. The number of hydrogen-bond donors (Lipinski definition) is 2. The van der Waals surface area contributed by atoms with Gasteiger partial charge in [0.25, 0.3) is 0 Å². The fourth-order valence-corrected chi connectivity index (χ4v) is 2.07. The van der Waals surface area contributed by atoms with E-state index < -0.39 is 0 Å². The van der Waals surface area contributed by atoms with Crippen LogP contribution in [0.4, 0.5) is 0 Å². The van der Waals surface area contributed by atoms with Crippen molar-refractivity contribution < 1.29 is 10.2 Å². The lowest BCUT2D eigenvalue weighted by molar-refractivity contribution is 0.113. The maximum Gasteiger partial charge on any atom is 0.0461 e. The van der Waals surface area contributed by atoms with Crippen molar-refractivity contribution in [2.24, 2.45) is 11.8 Å². The maximum absolute atomic E-state index is 9.01. The van der Waals surface area contributed by atoms with Crippen molar-refractivity contribution in [2.75, 3.05) is 13.2 Å². The lowest BCUT2D eigenvalue weighted by atomic mass is 9.78. The highest BCUT2D eigenvalue weighted by Crippen LogP contribution is 2.31.